The molecule has 1 rings (SSSR count). The van der Waals surface area contributed by atoms with Crippen LogP contribution in [-0.4, -0.2) is 57.1 Å². The lowest BCUT2D eigenvalue weighted by Crippen LogP contribution is -2.45. The van der Waals surface area contributed by atoms with E-state index >= 15 is 0 Å². The summed E-state index contributed by atoms with van der Waals surface area (Å²) in [6.45, 7) is 4.24. The SMILES string of the molecule is CN[C@@H](C=O)CN1CCOCC1. The van der Waals surface area contributed by atoms with Gasteiger partial charge in [0.2, 0.25) is 0 Å². The summed E-state index contributed by atoms with van der Waals surface area (Å²) in [6.07, 6.45) is 0.954. The zero-order valence-corrected chi connectivity index (χ0v) is 7.45. The molecule has 0 aromatic rings. The van der Waals surface area contributed by atoms with Gasteiger partial charge in [-0.25, -0.2) is 0 Å². The van der Waals surface area contributed by atoms with Crippen molar-refractivity contribution in [1.82, 2.24) is 10.2 Å². The van der Waals surface area contributed by atoms with Crippen molar-refractivity contribution < 1.29 is 9.53 Å². The first kappa shape index (κ1) is 9.64. The summed E-state index contributed by atoms with van der Waals surface area (Å²) in [7, 11) is 1.81. The highest BCUT2D eigenvalue weighted by atomic mass is 16.5. The molecular formula is C8H16N2O2. The van der Waals surface area contributed by atoms with Crippen molar-refractivity contribution in [2.75, 3.05) is 39.9 Å². The van der Waals surface area contributed by atoms with Gasteiger partial charge in [0.1, 0.15) is 6.29 Å². The summed E-state index contributed by atoms with van der Waals surface area (Å²) in [6, 6.07) is -0.0388. The molecule has 70 valence electrons. The van der Waals surface area contributed by atoms with Gasteiger partial charge < -0.3 is 14.8 Å². The molecule has 0 unspecified atom stereocenters. The second-order valence-electron chi connectivity index (χ2n) is 2.94. The Bertz CT molecular complexity index is 135. The summed E-state index contributed by atoms with van der Waals surface area (Å²) < 4.78 is 5.20. The van der Waals surface area contributed by atoms with Gasteiger partial charge in [-0.15, -0.1) is 0 Å². The van der Waals surface area contributed by atoms with Gasteiger partial charge in [0.15, 0.2) is 0 Å². The Labute approximate surface area is 72.9 Å². The molecule has 4 heteroatoms. The smallest absolute Gasteiger partial charge is 0.138 e. The molecule has 1 heterocycles. The lowest BCUT2D eigenvalue weighted by Gasteiger charge is -2.28. The van der Waals surface area contributed by atoms with Crippen LogP contribution in [0.5, 0.6) is 0 Å². The minimum absolute atomic E-state index is 0.0388. The minimum atomic E-state index is -0.0388. The zero-order chi connectivity index (χ0) is 8.81. The molecule has 0 amide bonds. The van der Waals surface area contributed by atoms with Crippen LogP contribution in [0.4, 0.5) is 0 Å². The maximum atomic E-state index is 10.5. The predicted octanol–water partition coefficient (Wildman–Crippen LogP) is -0.894. The molecule has 1 N–H and O–H groups in total. The lowest BCUT2D eigenvalue weighted by molar-refractivity contribution is -0.110. The van der Waals surface area contributed by atoms with Crippen LogP contribution in [0.1, 0.15) is 0 Å². The average Bonchev–Trinajstić information content (AvgIpc) is 2.16. The van der Waals surface area contributed by atoms with Crippen molar-refractivity contribution in [3.8, 4) is 0 Å². The number of carbonyl (C=O) groups is 1. The van der Waals surface area contributed by atoms with Crippen molar-refractivity contribution in [3.05, 3.63) is 0 Å². The van der Waals surface area contributed by atoms with E-state index in [1.807, 2.05) is 0 Å². The number of likely N-dealkylation sites (N-methyl/N-ethyl adjacent to an activating group) is 1. The summed E-state index contributed by atoms with van der Waals surface area (Å²) in [5.41, 5.74) is 0. The summed E-state index contributed by atoms with van der Waals surface area (Å²) in [5, 5.41) is 2.95. The Balaban J connectivity index is 2.22. The molecular weight excluding hydrogens is 156 g/mol. The van der Waals surface area contributed by atoms with Crippen molar-refractivity contribution in [3.63, 3.8) is 0 Å². The van der Waals surface area contributed by atoms with E-state index in [0.29, 0.717) is 0 Å². The van der Waals surface area contributed by atoms with Crippen molar-refractivity contribution >= 4 is 6.29 Å². The molecule has 1 aliphatic rings. The maximum Gasteiger partial charge on any atom is 0.138 e. The largest absolute Gasteiger partial charge is 0.379 e. The van der Waals surface area contributed by atoms with Gasteiger partial charge in [0.25, 0.3) is 0 Å². The van der Waals surface area contributed by atoms with Gasteiger partial charge in [-0.2, -0.15) is 0 Å². The molecule has 12 heavy (non-hydrogen) atoms. The molecule has 1 saturated heterocycles. The van der Waals surface area contributed by atoms with Gasteiger partial charge in [-0.3, -0.25) is 4.90 Å². The van der Waals surface area contributed by atoms with Crippen molar-refractivity contribution in [2.45, 2.75) is 6.04 Å². The fourth-order valence-corrected chi connectivity index (χ4v) is 1.26. The van der Waals surface area contributed by atoms with E-state index < -0.39 is 0 Å². The lowest BCUT2D eigenvalue weighted by atomic mass is 10.3. The van der Waals surface area contributed by atoms with Crippen LogP contribution in [0.3, 0.4) is 0 Å². The second kappa shape index (κ2) is 5.24. The first-order chi connectivity index (χ1) is 5.86. The number of hydrogen-bond acceptors (Lipinski definition) is 4. The molecule has 0 aliphatic carbocycles. The van der Waals surface area contributed by atoms with E-state index in [0.717, 1.165) is 39.1 Å². The summed E-state index contributed by atoms with van der Waals surface area (Å²) in [4.78, 5) is 12.7. The van der Waals surface area contributed by atoms with E-state index in [4.69, 9.17) is 4.74 Å². The third-order valence-corrected chi connectivity index (χ3v) is 2.09. The van der Waals surface area contributed by atoms with E-state index in [9.17, 15) is 4.79 Å². The molecule has 0 radical (unpaired) electrons. The number of rotatable bonds is 4. The predicted molar refractivity (Wildman–Crippen MR) is 46.2 cm³/mol. The molecule has 0 aromatic carbocycles. The van der Waals surface area contributed by atoms with Crippen LogP contribution in [0.25, 0.3) is 0 Å². The normalized spacial score (nSPS) is 22.1. The number of ether oxygens (including phenoxy) is 1. The first-order valence-electron chi connectivity index (χ1n) is 4.29. The Morgan fingerprint density at radius 2 is 2.25 bits per heavy atom. The van der Waals surface area contributed by atoms with Crippen LogP contribution < -0.4 is 5.32 Å². The standard InChI is InChI=1S/C8H16N2O2/c1-9-8(7-11)6-10-2-4-12-5-3-10/h7-9H,2-6H2,1H3/t8-/m1/s1. The highest BCUT2D eigenvalue weighted by Crippen LogP contribution is 1.96. The van der Waals surface area contributed by atoms with Gasteiger partial charge in [0.05, 0.1) is 19.3 Å². The third-order valence-electron chi connectivity index (χ3n) is 2.09. The monoisotopic (exact) mass is 172 g/mol. The Morgan fingerprint density at radius 3 is 2.75 bits per heavy atom. The minimum Gasteiger partial charge on any atom is -0.379 e. The molecule has 0 saturated carbocycles. The van der Waals surface area contributed by atoms with Crippen LogP contribution in [0, 0.1) is 0 Å². The first-order valence-corrected chi connectivity index (χ1v) is 4.29. The number of aldehydes is 1. The zero-order valence-electron chi connectivity index (χ0n) is 7.45. The average molecular weight is 172 g/mol. The highest BCUT2D eigenvalue weighted by Gasteiger charge is 2.14. The van der Waals surface area contributed by atoms with Crippen LogP contribution in [0.15, 0.2) is 0 Å². The number of morpholine rings is 1. The van der Waals surface area contributed by atoms with Crippen LogP contribution in [-0.2, 0) is 9.53 Å². The Hall–Kier alpha value is -0.450. The fourth-order valence-electron chi connectivity index (χ4n) is 1.26. The van der Waals surface area contributed by atoms with Crippen molar-refractivity contribution in [1.29, 1.82) is 0 Å². The molecule has 0 bridgehead atoms. The quantitative estimate of drug-likeness (QED) is 0.558. The highest BCUT2D eigenvalue weighted by molar-refractivity contribution is 5.57. The molecule has 0 spiro atoms. The van der Waals surface area contributed by atoms with Gasteiger partial charge in [0, 0.05) is 19.6 Å². The van der Waals surface area contributed by atoms with Gasteiger partial charge >= 0.3 is 0 Å². The molecule has 0 aromatic heterocycles. The number of nitrogens with zero attached hydrogens (tertiary/aromatic N) is 1. The fraction of sp³-hybridized carbons (Fsp3) is 0.875. The topological polar surface area (TPSA) is 41.6 Å². The van der Waals surface area contributed by atoms with E-state index in [2.05, 4.69) is 10.2 Å². The van der Waals surface area contributed by atoms with E-state index in [1.165, 1.54) is 0 Å². The van der Waals surface area contributed by atoms with Gasteiger partial charge in [-0.05, 0) is 7.05 Å². The Kier molecular flexibility index (Phi) is 4.21. The Morgan fingerprint density at radius 1 is 1.58 bits per heavy atom. The molecule has 1 fully saturated rings. The second-order valence-corrected chi connectivity index (χ2v) is 2.94. The van der Waals surface area contributed by atoms with Gasteiger partial charge in [-0.1, -0.05) is 0 Å². The molecule has 1 atom stereocenters. The molecule has 4 nitrogen and oxygen atoms in total. The van der Waals surface area contributed by atoms with Crippen LogP contribution in [0.2, 0.25) is 0 Å². The summed E-state index contributed by atoms with van der Waals surface area (Å²) in [5.74, 6) is 0. The number of nitrogens with one attached hydrogen (secondary N) is 1. The van der Waals surface area contributed by atoms with E-state index in [-0.39, 0.29) is 6.04 Å². The van der Waals surface area contributed by atoms with E-state index in [1.54, 1.807) is 7.05 Å². The maximum absolute atomic E-state index is 10.5. The third kappa shape index (κ3) is 2.89. The van der Waals surface area contributed by atoms with Crippen molar-refractivity contribution in [2.24, 2.45) is 0 Å². The number of carbonyl (C=O) groups excluding carboxylic acids is 1. The molecule has 1 aliphatic heterocycles. The summed E-state index contributed by atoms with van der Waals surface area (Å²) >= 11 is 0. The number of hydrogen-bond donors (Lipinski definition) is 1. The van der Waals surface area contributed by atoms with Crippen LogP contribution >= 0.6 is 0 Å².